The molecular formula is C16H24N4O. The number of carbonyl (C=O) groups is 1. The van der Waals surface area contributed by atoms with Crippen LogP contribution in [0.1, 0.15) is 44.8 Å². The van der Waals surface area contributed by atoms with Gasteiger partial charge in [0.05, 0.1) is 5.69 Å². The van der Waals surface area contributed by atoms with E-state index in [9.17, 15) is 4.79 Å². The molecule has 1 atom stereocenters. The lowest BCUT2D eigenvalue weighted by Gasteiger charge is -2.17. The second kappa shape index (κ2) is 7.11. The SMILES string of the molecule is CCCCn1nc(C)cc1NC(=O)C(CC)n1cccc1. The quantitative estimate of drug-likeness (QED) is 0.849. The molecule has 0 spiro atoms. The number of unbranched alkanes of at least 4 members (excludes halogenated alkanes) is 1. The Hall–Kier alpha value is -2.04. The summed E-state index contributed by atoms with van der Waals surface area (Å²) in [6, 6.07) is 5.61. The van der Waals surface area contributed by atoms with Gasteiger partial charge in [-0.25, -0.2) is 4.68 Å². The summed E-state index contributed by atoms with van der Waals surface area (Å²) in [6.07, 6.45) is 6.76. The zero-order valence-corrected chi connectivity index (χ0v) is 13.0. The van der Waals surface area contributed by atoms with Crippen molar-refractivity contribution in [3.8, 4) is 0 Å². The second-order valence-corrected chi connectivity index (χ2v) is 5.29. The highest BCUT2D eigenvalue weighted by molar-refractivity contribution is 5.93. The van der Waals surface area contributed by atoms with Crippen molar-refractivity contribution in [3.63, 3.8) is 0 Å². The summed E-state index contributed by atoms with van der Waals surface area (Å²) < 4.78 is 3.83. The predicted molar refractivity (Wildman–Crippen MR) is 84.3 cm³/mol. The lowest BCUT2D eigenvalue weighted by molar-refractivity contribution is -0.119. The van der Waals surface area contributed by atoms with E-state index < -0.39 is 0 Å². The van der Waals surface area contributed by atoms with Gasteiger partial charge in [0.15, 0.2) is 0 Å². The molecule has 0 radical (unpaired) electrons. The monoisotopic (exact) mass is 288 g/mol. The minimum atomic E-state index is -0.185. The van der Waals surface area contributed by atoms with E-state index in [1.54, 1.807) is 0 Å². The van der Waals surface area contributed by atoms with Gasteiger partial charge in [-0.2, -0.15) is 5.10 Å². The highest BCUT2D eigenvalue weighted by Crippen LogP contribution is 2.17. The zero-order valence-electron chi connectivity index (χ0n) is 13.0. The minimum Gasteiger partial charge on any atom is -0.342 e. The fourth-order valence-electron chi connectivity index (χ4n) is 2.42. The van der Waals surface area contributed by atoms with Crippen LogP contribution in [0.5, 0.6) is 0 Å². The Balaban J connectivity index is 2.11. The molecule has 0 aromatic carbocycles. The third-order valence-corrected chi connectivity index (χ3v) is 3.55. The van der Waals surface area contributed by atoms with Crippen molar-refractivity contribution in [2.45, 2.75) is 52.6 Å². The molecule has 21 heavy (non-hydrogen) atoms. The Morgan fingerprint density at radius 2 is 2.05 bits per heavy atom. The van der Waals surface area contributed by atoms with Crippen LogP contribution < -0.4 is 5.32 Å². The van der Waals surface area contributed by atoms with Crippen LogP contribution in [0.25, 0.3) is 0 Å². The lowest BCUT2D eigenvalue weighted by atomic mass is 10.2. The number of nitrogens with one attached hydrogen (secondary N) is 1. The third-order valence-electron chi connectivity index (χ3n) is 3.55. The van der Waals surface area contributed by atoms with E-state index in [2.05, 4.69) is 17.3 Å². The van der Waals surface area contributed by atoms with Gasteiger partial charge in [-0.1, -0.05) is 20.3 Å². The molecule has 0 saturated heterocycles. The van der Waals surface area contributed by atoms with Crippen molar-refractivity contribution < 1.29 is 4.79 Å². The first-order chi connectivity index (χ1) is 10.2. The van der Waals surface area contributed by atoms with E-state index in [0.717, 1.165) is 37.3 Å². The van der Waals surface area contributed by atoms with Gasteiger partial charge in [0.2, 0.25) is 5.91 Å². The highest BCUT2D eigenvalue weighted by Gasteiger charge is 2.19. The normalized spacial score (nSPS) is 12.3. The van der Waals surface area contributed by atoms with E-state index in [1.807, 2.05) is 53.7 Å². The number of carbonyl (C=O) groups excluding carboxylic acids is 1. The van der Waals surface area contributed by atoms with Crippen molar-refractivity contribution >= 4 is 11.7 Å². The standard InChI is InChI=1S/C16H24N4O/c1-4-6-11-20-15(12-13(3)18-20)17-16(21)14(5-2)19-9-7-8-10-19/h7-10,12,14H,4-6,11H2,1-3H3,(H,17,21). The van der Waals surface area contributed by atoms with Crippen molar-refractivity contribution in [2.24, 2.45) is 0 Å². The van der Waals surface area contributed by atoms with Gasteiger partial charge in [0.1, 0.15) is 11.9 Å². The predicted octanol–water partition coefficient (Wildman–Crippen LogP) is 3.38. The van der Waals surface area contributed by atoms with Gasteiger partial charge in [-0.15, -0.1) is 0 Å². The number of aryl methyl sites for hydroxylation is 2. The van der Waals surface area contributed by atoms with Crippen LogP contribution in [0.2, 0.25) is 0 Å². The van der Waals surface area contributed by atoms with Crippen LogP contribution in [0.4, 0.5) is 5.82 Å². The smallest absolute Gasteiger partial charge is 0.248 e. The molecule has 0 bridgehead atoms. The molecule has 114 valence electrons. The summed E-state index contributed by atoms with van der Waals surface area (Å²) in [5, 5.41) is 7.46. The molecule has 2 aromatic rings. The number of rotatable bonds is 7. The maximum Gasteiger partial charge on any atom is 0.248 e. The average Bonchev–Trinajstić information content (AvgIpc) is 3.08. The maximum atomic E-state index is 12.5. The molecule has 2 heterocycles. The second-order valence-electron chi connectivity index (χ2n) is 5.29. The Morgan fingerprint density at radius 3 is 2.67 bits per heavy atom. The molecule has 5 heteroatoms. The van der Waals surface area contributed by atoms with Crippen LogP contribution in [0, 0.1) is 6.92 Å². The highest BCUT2D eigenvalue weighted by atomic mass is 16.2. The molecule has 1 N–H and O–H groups in total. The van der Waals surface area contributed by atoms with Crippen LogP contribution in [0.15, 0.2) is 30.6 Å². The Morgan fingerprint density at radius 1 is 1.33 bits per heavy atom. The number of amides is 1. The lowest BCUT2D eigenvalue weighted by Crippen LogP contribution is -2.26. The number of aromatic nitrogens is 3. The number of hydrogen-bond donors (Lipinski definition) is 1. The van der Waals surface area contributed by atoms with Crippen molar-refractivity contribution in [1.82, 2.24) is 14.3 Å². The summed E-state index contributed by atoms with van der Waals surface area (Å²) in [7, 11) is 0. The largest absolute Gasteiger partial charge is 0.342 e. The molecule has 5 nitrogen and oxygen atoms in total. The fraction of sp³-hybridized carbons (Fsp3) is 0.500. The molecule has 2 aromatic heterocycles. The van der Waals surface area contributed by atoms with Crippen molar-refractivity contribution in [3.05, 3.63) is 36.3 Å². The van der Waals surface area contributed by atoms with Crippen molar-refractivity contribution in [2.75, 3.05) is 5.32 Å². The van der Waals surface area contributed by atoms with E-state index in [4.69, 9.17) is 0 Å². The van der Waals surface area contributed by atoms with Gasteiger partial charge < -0.3 is 9.88 Å². The van der Waals surface area contributed by atoms with Gasteiger partial charge in [0, 0.05) is 25.0 Å². The topological polar surface area (TPSA) is 51.9 Å². The molecule has 1 unspecified atom stereocenters. The molecule has 0 fully saturated rings. The first-order valence-electron chi connectivity index (χ1n) is 7.63. The zero-order chi connectivity index (χ0) is 15.2. The maximum absolute atomic E-state index is 12.5. The molecule has 1 amide bonds. The third kappa shape index (κ3) is 3.74. The Bertz CT molecular complexity index is 571. The molecule has 0 aliphatic carbocycles. The van der Waals surface area contributed by atoms with Crippen LogP contribution in [0.3, 0.4) is 0 Å². The molecular weight excluding hydrogens is 264 g/mol. The summed E-state index contributed by atoms with van der Waals surface area (Å²) in [6.45, 7) is 6.94. The number of nitrogens with zero attached hydrogens (tertiary/aromatic N) is 3. The Labute approximate surface area is 126 Å². The van der Waals surface area contributed by atoms with E-state index in [1.165, 1.54) is 0 Å². The van der Waals surface area contributed by atoms with E-state index >= 15 is 0 Å². The first-order valence-corrected chi connectivity index (χ1v) is 7.63. The minimum absolute atomic E-state index is 0.00588. The molecule has 2 rings (SSSR count). The van der Waals surface area contributed by atoms with E-state index in [0.29, 0.717) is 0 Å². The van der Waals surface area contributed by atoms with Crippen molar-refractivity contribution in [1.29, 1.82) is 0 Å². The number of anilines is 1. The fourth-order valence-corrected chi connectivity index (χ4v) is 2.42. The average molecular weight is 288 g/mol. The summed E-state index contributed by atoms with van der Waals surface area (Å²) in [5.74, 6) is 0.794. The van der Waals surface area contributed by atoms with Gasteiger partial charge in [-0.05, 0) is 31.9 Å². The van der Waals surface area contributed by atoms with E-state index in [-0.39, 0.29) is 11.9 Å². The van der Waals surface area contributed by atoms with Gasteiger partial charge >= 0.3 is 0 Å². The molecule has 0 aliphatic rings. The van der Waals surface area contributed by atoms with Crippen LogP contribution >= 0.6 is 0 Å². The first kappa shape index (κ1) is 15.4. The summed E-state index contributed by atoms with van der Waals surface area (Å²) in [5.41, 5.74) is 0.926. The van der Waals surface area contributed by atoms with Gasteiger partial charge in [0.25, 0.3) is 0 Å². The molecule has 0 aliphatic heterocycles. The Kier molecular flexibility index (Phi) is 5.20. The van der Waals surface area contributed by atoms with Crippen LogP contribution in [-0.2, 0) is 11.3 Å². The van der Waals surface area contributed by atoms with Gasteiger partial charge in [-0.3, -0.25) is 4.79 Å². The summed E-state index contributed by atoms with van der Waals surface area (Å²) >= 11 is 0. The van der Waals surface area contributed by atoms with Crippen LogP contribution in [-0.4, -0.2) is 20.3 Å². The number of hydrogen-bond acceptors (Lipinski definition) is 2. The molecule has 0 saturated carbocycles. The summed E-state index contributed by atoms with van der Waals surface area (Å²) in [4.78, 5) is 12.5.